The number of ether oxygens (including phenoxy) is 2. The molecule has 0 amide bonds. The monoisotopic (exact) mass is 445 g/mol. The van der Waals surface area contributed by atoms with Gasteiger partial charge in [-0.2, -0.15) is 0 Å². The van der Waals surface area contributed by atoms with E-state index in [1.807, 2.05) is 0 Å². The minimum atomic E-state index is -3.85. The Morgan fingerprint density at radius 1 is 1.13 bits per heavy atom. The summed E-state index contributed by atoms with van der Waals surface area (Å²) in [5.41, 5.74) is 1.02. The van der Waals surface area contributed by atoms with Gasteiger partial charge in [0, 0.05) is 12.1 Å². The lowest BCUT2D eigenvalue weighted by Gasteiger charge is -2.09. The number of carboxylic acids is 1. The van der Waals surface area contributed by atoms with Gasteiger partial charge in [0.05, 0.1) is 18.4 Å². The van der Waals surface area contributed by atoms with E-state index in [2.05, 4.69) is 11.3 Å². The Bertz CT molecular complexity index is 1070. The standard InChI is InChI=1S/C22H23NO7S/c1-3-14-30-20-11-5-16(15-21(20)29-2)4-10-19(24)17-6-8-18(9-7-17)31(27,28)23-13-12-22(25)26/h3-11,15,23H,1,12-14H2,2H3,(H,25,26)/b10-4+. The summed E-state index contributed by atoms with van der Waals surface area (Å²) in [7, 11) is -2.33. The Morgan fingerprint density at radius 3 is 2.45 bits per heavy atom. The zero-order valence-corrected chi connectivity index (χ0v) is 17.7. The van der Waals surface area contributed by atoms with Crippen LogP contribution in [0.5, 0.6) is 11.5 Å². The van der Waals surface area contributed by atoms with Crippen molar-refractivity contribution >= 4 is 27.9 Å². The van der Waals surface area contributed by atoms with Crippen LogP contribution in [0.3, 0.4) is 0 Å². The van der Waals surface area contributed by atoms with Crippen LogP contribution in [0.1, 0.15) is 22.3 Å². The van der Waals surface area contributed by atoms with Crippen molar-refractivity contribution in [1.82, 2.24) is 4.72 Å². The van der Waals surface area contributed by atoms with Gasteiger partial charge in [-0.15, -0.1) is 0 Å². The van der Waals surface area contributed by atoms with E-state index in [0.717, 1.165) is 5.56 Å². The first-order valence-corrected chi connectivity index (χ1v) is 10.7. The fourth-order valence-electron chi connectivity index (χ4n) is 2.50. The third-order valence-electron chi connectivity index (χ3n) is 4.05. The van der Waals surface area contributed by atoms with E-state index < -0.39 is 16.0 Å². The lowest BCUT2D eigenvalue weighted by Crippen LogP contribution is -2.26. The third kappa shape index (κ3) is 7.09. The number of aliphatic carboxylic acids is 1. The van der Waals surface area contributed by atoms with Crippen molar-refractivity contribution in [3.05, 3.63) is 72.3 Å². The Labute approximate surface area is 180 Å². The number of ketones is 1. The van der Waals surface area contributed by atoms with Crippen LogP contribution in [0.2, 0.25) is 0 Å². The maximum absolute atomic E-state index is 12.4. The molecule has 0 aromatic heterocycles. The Balaban J connectivity index is 2.08. The predicted molar refractivity (Wildman–Crippen MR) is 116 cm³/mol. The average molecular weight is 445 g/mol. The van der Waals surface area contributed by atoms with Gasteiger partial charge in [0.2, 0.25) is 10.0 Å². The summed E-state index contributed by atoms with van der Waals surface area (Å²) in [6, 6.07) is 10.6. The highest BCUT2D eigenvalue weighted by Gasteiger charge is 2.14. The predicted octanol–water partition coefficient (Wildman–Crippen LogP) is 2.91. The van der Waals surface area contributed by atoms with Crippen LogP contribution in [0, 0.1) is 0 Å². The lowest BCUT2D eigenvalue weighted by atomic mass is 10.1. The molecule has 2 aromatic rings. The SMILES string of the molecule is C=CCOc1ccc(/C=C/C(=O)c2ccc(S(=O)(=O)NCCC(=O)O)cc2)cc1OC. The highest BCUT2D eigenvalue weighted by molar-refractivity contribution is 7.89. The molecular weight excluding hydrogens is 422 g/mol. The molecule has 2 aromatic carbocycles. The molecule has 8 nitrogen and oxygen atoms in total. The number of sulfonamides is 1. The number of carbonyl (C=O) groups is 2. The van der Waals surface area contributed by atoms with Crippen molar-refractivity contribution in [2.45, 2.75) is 11.3 Å². The van der Waals surface area contributed by atoms with Crippen LogP contribution >= 0.6 is 0 Å². The molecule has 0 unspecified atom stereocenters. The molecule has 0 bridgehead atoms. The van der Waals surface area contributed by atoms with Gasteiger partial charge in [-0.25, -0.2) is 13.1 Å². The maximum Gasteiger partial charge on any atom is 0.304 e. The minimum absolute atomic E-state index is 0.0572. The van der Waals surface area contributed by atoms with Crippen molar-refractivity contribution in [1.29, 1.82) is 0 Å². The van der Waals surface area contributed by atoms with Crippen molar-refractivity contribution in [2.24, 2.45) is 0 Å². The van der Waals surface area contributed by atoms with Crippen LogP contribution in [0.4, 0.5) is 0 Å². The van der Waals surface area contributed by atoms with Crippen molar-refractivity contribution in [3.63, 3.8) is 0 Å². The molecule has 0 aliphatic rings. The third-order valence-corrected chi connectivity index (χ3v) is 5.53. The zero-order valence-electron chi connectivity index (χ0n) is 16.9. The number of rotatable bonds is 12. The molecule has 0 aliphatic heterocycles. The highest BCUT2D eigenvalue weighted by atomic mass is 32.2. The average Bonchev–Trinajstić information content (AvgIpc) is 2.75. The molecule has 0 fully saturated rings. The summed E-state index contributed by atoms with van der Waals surface area (Å²) in [4.78, 5) is 22.9. The molecule has 0 atom stereocenters. The number of benzene rings is 2. The smallest absolute Gasteiger partial charge is 0.304 e. The molecule has 2 N–H and O–H groups in total. The molecule has 0 spiro atoms. The molecular formula is C22H23NO7S. The van der Waals surface area contributed by atoms with Crippen LogP contribution in [0.15, 0.2) is 66.1 Å². The molecule has 2 rings (SSSR count). The molecule has 9 heteroatoms. The van der Waals surface area contributed by atoms with E-state index in [-0.39, 0.29) is 23.6 Å². The fraction of sp³-hybridized carbons (Fsp3) is 0.182. The minimum Gasteiger partial charge on any atom is -0.493 e. The molecule has 0 saturated heterocycles. The fourth-order valence-corrected chi connectivity index (χ4v) is 3.53. The molecule has 0 heterocycles. The summed E-state index contributed by atoms with van der Waals surface area (Å²) in [6.07, 6.45) is 4.27. The Morgan fingerprint density at radius 2 is 1.84 bits per heavy atom. The molecule has 31 heavy (non-hydrogen) atoms. The summed E-state index contributed by atoms with van der Waals surface area (Å²) in [5, 5.41) is 8.59. The molecule has 0 radical (unpaired) electrons. The van der Waals surface area contributed by atoms with Gasteiger partial charge >= 0.3 is 5.97 Å². The van der Waals surface area contributed by atoms with Crippen molar-refractivity contribution in [2.75, 3.05) is 20.3 Å². The number of carbonyl (C=O) groups excluding carboxylic acids is 1. The van der Waals surface area contributed by atoms with E-state index in [0.29, 0.717) is 23.7 Å². The zero-order chi connectivity index (χ0) is 22.9. The van der Waals surface area contributed by atoms with Gasteiger partial charge in [-0.05, 0) is 48.0 Å². The summed E-state index contributed by atoms with van der Waals surface area (Å²) >= 11 is 0. The summed E-state index contributed by atoms with van der Waals surface area (Å²) in [5.74, 6) is -0.346. The normalized spacial score (nSPS) is 11.3. The van der Waals surface area contributed by atoms with Gasteiger partial charge < -0.3 is 14.6 Å². The quantitative estimate of drug-likeness (QED) is 0.293. The lowest BCUT2D eigenvalue weighted by molar-refractivity contribution is -0.136. The topological polar surface area (TPSA) is 119 Å². The molecule has 0 aliphatic carbocycles. The number of carboxylic acid groups (broad SMARTS) is 1. The second-order valence-electron chi connectivity index (χ2n) is 6.27. The second-order valence-corrected chi connectivity index (χ2v) is 8.04. The van der Waals surface area contributed by atoms with Gasteiger partial charge in [-0.3, -0.25) is 9.59 Å². The van der Waals surface area contributed by atoms with Crippen LogP contribution in [-0.4, -0.2) is 45.5 Å². The van der Waals surface area contributed by atoms with E-state index in [9.17, 15) is 18.0 Å². The number of hydrogen-bond acceptors (Lipinski definition) is 6. The summed E-state index contributed by atoms with van der Waals surface area (Å²) < 4.78 is 37.2. The second kappa shape index (κ2) is 11.1. The Kier molecular flexibility index (Phi) is 8.53. The first-order chi connectivity index (χ1) is 14.8. The number of hydrogen-bond donors (Lipinski definition) is 2. The van der Waals surface area contributed by atoms with Crippen LogP contribution in [0.25, 0.3) is 6.08 Å². The molecule has 164 valence electrons. The van der Waals surface area contributed by atoms with Gasteiger partial charge in [0.1, 0.15) is 6.61 Å². The molecule has 0 saturated carbocycles. The van der Waals surface area contributed by atoms with E-state index >= 15 is 0 Å². The van der Waals surface area contributed by atoms with Crippen molar-refractivity contribution < 1.29 is 32.6 Å². The number of allylic oxidation sites excluding steroid dienone is 1. The van der Waals surface area contributed by atoms with E-state index in [4.69, 9.17) is 14.6 Å². The van der Waals surface area contributed by atoms with Gasteiger partial charge in [0.15, 0.2) is 17.3 Å². The van der Waals surface area contributed by atoms with E-state index in [1.54, 1.807) is 30.4 Å². The van der Waals surface area contributed by atoms with Crippen LogP contribution in [-0.2, 0) is 14.8 Å². The number of methoxy groups -OCH3 is 1. The van der Waals surface area contributed by atoms with Crippen molar-refractivity contribution in [3.8, 4) is 11.5 Å². The number of nitrogens with one attached hydrogen (secondary N) is 1. The van der Waals surface area contributed by atoms with Gasteiger partial charge in [0.25, 0.3) is 0 Å². The van der Waals surface area contributed by atoms with Gasteiger partial charge in [-0.1, -0.05) is 24.8 Å². The first-order valence-electron chi connectivity index (χ1n) is 9.22. The first kappa shape index (κ1) is 23.8. The highest BCUT2D eigenvalue weighted by Crippen LogP contribution is 2.28. The Hall–Kier alpha value is -3.43. The van der Waals surface area contributed by atoms with E-state index in [1.165, 1.54) is 37.5 Å². The summed E-state index contributed by atoms with van der Waals surface area (Å²) in [6.45, 7) is 3.71. The largest absolute Gasteiger partial charge is 0.493 e. The maximum atomic E-state index is 12.4. The van der Waals surface area contributed by atoms with Crippen LogP contribution < -0.4 is 14.2 Å².